The van der Waals surface area contributed by atoms with Gasteiger partial charge in [-0.1, -0.05) is 25.7 Å². The highest BCUT2D eigenvalue weighted by Gasteiger charge is 2.19. The van der Waals surface area contributed by atoms with Crippen molar-refractivity contribution in [1.82, 2.24) is 15.5 Å². The monoisotopic (exact) mass is 247 g/mol. The van der Waals surface area contributed by atoms with Crippen molar-refractivity contribution in [3.8, 4) is 0 Å². The smallest absolute Gasteiger partial charge is 0.0648 e. The Balaban J connectivity index is 2.00. The van der Waals surface area contributed by atoms with Gasteiger partial charge < -0.3 is 5.32 Å². The van der Waals surface area contributed by atoms with Gasteiger partial charge in [-0.3, -0.25) is 0 Å². The standard InChI is InChI=1S/C15H25N3/c1-11-10-14(12(2)18-17-11)15(16-3)9-8-13-6-4-5-7-13/h10,13,15-16H,4-9H2,1-3H3. The Morgan fingerprint density at radius 1 is 1.28 bits per heavy atom. The Morgan fingerprint density at radius 3 is 2.67 bits per heavy atom. The number of rotatable bonds is 5. The van der Waals surface area contributed by atoms with Crippen molar-refractivity contribution < 1.29 is 0 Å². The van der Waals surface area contributed by atoms with Crippen molar-refractivity contribution in [3.05, 3.63) is 23.0 Å². The highest BCUT2D eigenvalue weighted by molar-refractivity contribution is 5.23. The molecule has 1 N–H and O–H groups in total. The molecule has 1 heterocycles. The van der Waals surface area contributed by atoms with Crippen molar-refractivity contribution >= 4 is 0 Å². The van der Waals surface area contributed by atoms with Crippen LogP contribution in [0, 0.1) is 19.8 Å². The van der Waals surface area contributed by atoms with Crippen LogP contribution in [0.15, 0.2) is 6.07 Å². The minimum absolute atomic E-state index is 0.430. The normalized spacial score (nSPS) is 18.2. The summed E-state index contributed by atoms with van der Waals surface area (Å²) in [6, 6.07) is 2.61. The first-order valence-corrected chi connectivity index (χ1v) is 7.18. The predicted octanol–water partition coefficient (Wildman–Crippen LogP) is 3.32. The van der Waals surface area contributed by atoms with Crippen molar-refractivity contribution in [2.24, 2.45) is 5.92 Å². The largest absolute Gasteiger partial charge is 0.313 e. The molecule has 2 rings (SSSR count). The van der Waals surface area contributed by atoms with E-state index in [1.54, 1.807) is 0 Å². The SMILES string of the molecule is CNC(CCC1CCCC1)c1cc(C)nnc1C. The van der Waals surface area contributed by atoms with Crippen LogP contribution in [0.25, 0.3) is 0 Å². The molecule has 3 heteroatoms. The molecule has 3 nitrogen and oxygen atoms in total. The second-order valence-electron chi connectivity index (χ2n) is 5.60. The van der Waals surface area contributed by atoms with Crippen molar-refractivity contribution in [3.63, 3.8) is 0 Å². The summed E-state index contributed by atoms with van der Waals surface area (Å²) in [6.07, 6.45) is 8.29. The molecule has 1 aliphatic rings. The number of nitrogens with zero attached hydrogens (tertiary/aromatic N) is 2. The summed E-state index contributed by atoms with van der Waals surface area (Å²) in [6.45, 7) is 4.07. The number of hydrogen-bond donors (Lipinski definition) is 1. The lowest BCUT2D eigenvalue weighted by Crippen LogP contribution is -2.19. The number of hydrogen-bond acceptors (Lipinski definition) is 3. The minimum Gasteiger partial charge on any atom is -0.313 e. The quantitative estimate of drug-likeness (QED) is 0.867. The van der Waals surface area contributed by atoms with Crippen LogP contribution in [-0.2, 0) is 0 Å². The zero-order chi connectivity index (χ0) is 13.0. The second-order valence-corrected chi connectivity index (χ2v) is 5.60. The number of aromatic nitrogens is 2. The molecule has 0 spiro atoms. The van der Waals surface area contributed by atoms with E-state index < -0.39 is 0 Å². The number of aryl methyl sites for hydroxylation is 2. The molecule has 0 aromatic carbocycles. The highest BCUT2D eigenvalue weighted by atomic mass is 15.1. The van der Waals surface area contributed by atoms with E-state index in [1.165, 1.54) is 44.1 Å². The van der Waals surface area contributed by atoms with E-state index in [0.717, 1.165) is 17.3 Å². The molecule has 0 aliphatic heterocycles. The molecule has 1 aliphatic carbocycles. The summed E-state index contributed by atoms with van der Waals surface area (Å²) in [5, 5.41) is 11.8. The summed E-state index contributed by atoms with van der Waals surface area (Å²) in [5.74, 6) is 0.956. The zero-order valence-corrected chi connectivity index (χ0v) is 11.9. The Kier molecular flexibility index (Phi) is 4.70. The fourth-order valence-electron chi connectivity index (χ4n) is 3.08. The van der Waals surface area contributed by atoms with Gasteiger partial charge in [-0.05, 0) is 51.3 Å². The fourth-order valence-corrected chi connectivity index (χ4v) is 3.08. The summed E-state index contributed by atoms with van der Waals surface area (Å²) < 4.78 is 0. The Labute approximate surface area is 110 Å². The molecule has 0 saturated heterocycles. The van der Waals surface area contributed by atoms with Crippen LogP contribution >= 0.6 is 0 Å². The average molecular weight is 247 g/mol. The van der Waals surface area contributed by atoms with Gasteiger partial charge in [0.15, 0.2) is 0 Å². The molecule has 100 valence electrons. The van der Waals surface area contributed by atoms with Crippen LogP contribution in [0.2, 0.25) is 0 Å². The maximum absolute atomic E-state index is 4.24. The molecule has 0 bridgehead atoms. The molecule has 1 atom stereocenters. The van der Waals surface area contributed by atoms with Gasteiger partial charge >= 0.3 is 0 Å². The van der Waals surface area contributed by atoms with Gasteiger partial charge in [-0.2, -0.15) is 10.2 Å². The van der Waals surface area contributed by atoms with Gasteiger partial charge in [-0.15, -0.1) is 0 Å². The van der Waals surface area contributed by atoms with Crippen molar-refractivity contribution in [1.29, 1.82) is 0 Å². The molecule has 1 saturated carbocycles. The lowest BCUT2D eigenvalue weighted by molar-refractivity contribution is 0.425. The van der Waals surface area contributed by atoms with E-state index in [9.17, 15) is 0 Å². The minimum atomic E-state index is 0.430. The van der Waals surface area contributed by atoms with Crippen LogP contribution in [0.1, 0.15) is 61.5 Å². The Bertz CT molecular complexity index is 383. The van der Waals surface area contributed by atoms with Crippen LogP contribution in [0.3, 0.4) is 0 Å². The van der Waals surface area contributed by atoms with E-state index in [4.69, 9.17) is 0 Å². The van der Waals surface area contributed by atoms with Gasteiger partial charge in [0.2, 0.25) is 0 Å². The molecular formula is C15H25N3. The zero-order valence-electron chi connectivity index (χ0n) is 11.9. The van der Waals surface area contributed by atoms with E-state index in [1.807, 2.05) is 6.92 Å². The molecule has 18 heavy (non-hydrogen) atoms. The summed E-state index contributed by atoms with van der Waals surface area (Å²) >= 11 is 0. The average Bonchev–Trinajstić information content (AvgIpc) is 2.87. The highest BCUT2D eigenvalue weighted by Crippen LogP contribution is 2.31. The third-order valence-electron chi connectivity index (χ3n) is 4.20. The fraction of sp³-hybridized carbons (Fsp3) is 0.733. The number of nitrogens with one attached hydrogen (secondary N) is 1. The first-order valence-electron chi connectivity index (χ1n) is 7.18. The van der Waals surface area contributed by atoms with Gasteiger partial charge in [0.05, 0.1) is 11.4 Å². The van der Waals surface area contributed by atoms with E-state index in [2.05, 4.69) is 35.6 Å². The first kappa shape index (κ1) is 13.5. The van der Waals surface area contributed by atoms with E-state index >= 15 is 0 Å². The van der Waals surface area contributed by atoms with Crippen LogP contribution in [-0.4, -0.2) is 17.2 Å². The lowest BCUT2D eigenvalue weighted by atomic mass is 9.94. The third kappa shape index (κ3) is 3.29. The van der Waals surface area contributed by atoms with E-state index in [-0.39, 0.29) is 0 Å². The van der Waals surface area contributed by atoms with Gasteiger partial charge in [0.25, 0.3) is 0 Å². The van der Waals surface area contributed by atoms with Gasteiger partial charge in [0, 0.05) is 6.04 Å². The van der Waals surface area contributed by atoms with Gasteiger partial charge in [0.1, 0.15) is 0 Å². The summed E-state index contributed by atoms with van der Waals surface area (Å²) in [5.41, 5.74) is 3.39. The Morgan fingerprint density at radius 2 is 2.00 bits per heavy atom. The van der Waals surface area contributed by atoms with Crippen LogP contribution in [0.4, 0.5) is 0 Å². The molecule has 0 radical (unpaired) electrons. The maximum atomic E-state index is 4.24. The maximum Gasteiger partial charge on any atom is 0.0648 e. The van der Waals surface area contributed by atoms with Crippen LogP contribution in [0.5, 0.6) is 0 Å². The first-order chi connectivity index (χ1) is 8.70. The molecule has 1 aromatic rings. The molecule has 1 fully saturated rings. The predicted molar refractivity (Wildman–Crippen MR) is 74.5 cm³/mol. The van der Waals surface area contributed by atoms with Crippen molar-refractivity contribution in [2.45, 2.75) is 58.4 Å². The lowest BCUT2D eigenvalue weighted by Gasteiger charge is -2.20. The van der Waals surface area contributed by atoms with Crippen LogP contribution < -0.4 is 5.32 Å². The molecule has 0 amide bonds. The second kappa shape index (κ2) is 6.28. The summed E-state index contributed by atoms with van der Waals surface area (Å²) in [4.78, 5) is 0. The molecular weight excluding hydrogens is 222 g/mol. The molecule has 1 aromatic heterocycles. The van der Waals surface area contributed by atoms with Crippen molar-refractivity contribution in [2.75, 3.05) is 7.05 Å². The Hall–Kier alpha value is -0.960. The summed E-state index contributed by atoms with van der Waals surface area (Å²) in [7, 11) is 2.05. The van der Waals surface area contributed by atoms with E-state index in [0.29, 0.717) is 6.04 Å². The molecule has 1 unspecified atom stereocenters. The van der Waals surface area contributed by atoms with Gasteiger partial charge in [-0.25, -0.2) is 0 Å². The topological polar surface area (TPSA) is 37.8 Å². The third-order valence-corrected chi connectivity index (χ3v) is 4.20.